The van der Waals surface area contributed by atoms with Crippen molar-refractivity contribution in [2.24, 2.45) is 0 Å². The number of hydrogen-bond acceptors (Lipinski definition) is 3. The highest BCUT2D eigenvalue weighted by molar-refractivity contribution is 14.1. The Bertz CT molecular complexity index is 1220. The number of para-hydroxylation sites is 4. The fourth-order valence-electron chi connectivity index (χ4n) is 3.49. The summed E-state index contributed by atoms with van der Waals surface area (Å²) in [7, 11) is 0. The Kier molecular flexibility index (Phi) is 4.81. The standard InChI is InChI=1S/C24H17ClIN3/c25-17-7-5-6-16(24(17)26)15-12-13-22-23(14-15)29-21-11-4-3-10-20(21)27-18-8-1-2-9-19(18)28-22/h1-14,27-29H. The van der Waals surface area contributed by atoms with Gasteiger partial charge in [0.05, 0.1) is 39.1 Å². The molecule has 1 aliphatic heterocycles. The summed E-state index contributed by atoms with van der Waals surface area (Å²) in [5.41, 5.74) is 8.35. The summed E-state index contributed by atoms with van der Waals surface area (Å²) in [6.45, 7) is 0. The number of nitrogens with one attached hydrogen (secondary N) is 3. The van der Waals surface area contributed by atoms with Crippen LogP contribution in [0.15, 0.2) is 84.9 Å². The Labute approximate surface area is 188 Å². The maximum absolute atomic E-state index is 6.36. The van der Waals surface area contributed by atoms with Crippen LogP contribution < -0.4 is 16.0 Å². The van der Waals surface area contributed by atoms with E-state index in [1.807, 2.05) is 36.4 Å². The minimum Gasteiger partial charge on any atom is -0.352 e. The van der Waals surface area contributed by atoms with Gasteiger partial charge in [0, 0.05) is 3.57 Å². The molecule has 1 heterocycles. The lowest BCUT2D eigenvalue weighted by Gasteiger charge is -2.16. The zero-order valence-corrected chi connectivity index (χ0v) is 18.3. The van der Waals surface area contributed by atoms with E-state index >= 15 is 0 Å². The highest BCUT2D eigenvalue weighted by atomic mass is 127. The van der Waals surface area contributed by atoms with Crippen LogP contribution in [0.5, 0.6) is 0 Å². The van der Waals surface area contributed by atoms with Crippen LogP contribution in [0.25, 0.3) is 11.1 Å². The summed E-state index contributed by atoms with van der Waals surface area (Å²) in [6, 6.07) is 28.9. The summed E-state index contributed by atoms with van der Waals surface area (Å²) in [4.78, 5) is 0. The smallest absolute Gasteiger partial charge is 0.0630 e. The fraction of sp³-hybridized carbons (Fsp3) is 0. The monoisotopic (exact) mass is 509 g/mol. The molecule has 5 rings (SSSR count). The van der Waals surface area contributed by atoms with Gasteiger partial charge in [-0.15, -0.1) is 0 Å². The van der Waals surface area contributed by atoms with E-state index in [2.05, 4.69) is 87.1 Å². The lowest BCUT2D eigenvalue weighted by Crippen LogP contribution is -1.97. The molecule has 1 aliphatic rings. The third-order valence-corrected chi connectivity index (χ3v) is 6.74. The number of anilines is 6. The lowest BCUT2D eigenvalue weighted by molar-refractivity contribution is 1.51. The van der Waals surface area contributed by atoms with Gasteiger partial charge in [-0.2, -0.15) is 0 Å². The van der Waals surface area contributed by atoms with Crippen LogP contribution in [0.1, 0.15) is 0 Å². The molecule has 0 radical (unpaired) electrons. The summed E-state index contributed by atoms with van der Waals surface area (Å²) in [5, 5.41) is 11.5. The van der Waals surface area contributed by atoms with Gasteiger partial charge in [0.15, 0.2) is 0 Å². The van der Waals surface area contributed by atoms with E-state index in [1.54, 1.807) is 0 Å². The molecule has 0 aromatic heterocycles. The van der Waals surface area contributed by atoms with Crippen molar-refractivity contribution in [1.29, 1.82) is 0 Å². The maximum Gasteiger partial charge on any atom is 0.0630 e. The van der Waals surface area contributed by atoms with Crippen LogP contribution in [-0.4, -0.2) is 0 Å². The first-order chi connectivity index (χ1) is 14.2. The van der Waals surface area contributed by atoms with E-state index in [0.717, 1.165) is 53.8 Å². The molecule has 0 saturated carbocycles. The molecular weight excluding hydrogens is 493 g/mol. The van der Waals surface area contributed by atoms with Crippen molar-refractivity contribution >= 4 is 68.3 Å². The predicted octanol–water partition coefficient (Wildman–Crippen LogP) is 8.16. The van der Waals surface area contributed by atoms with Crippen LogP contribution >= 0.6 is 34.2 Å². The Morgan fingerprint density at radius 3 is 1.66 bits per heavy atom. The SMILES string of the molecule is Clc1cccc(-c2ccc3c(c2)Nc2ccccc2Nc2ccccc2N3)c1I. The molecule has 3 N–H and O–H groups in total. The number of hydrogen-bond donors (Lipinski definition) is 3. The number of halogens is 2. The predicted molar refractivity (Wildman–Crippen MR) is 132 cm³/mol. The van der Waals surface area contributed by atoms with Gasteiger partial charge in [0.1, 0.15) is 0 Å². The normalized spacial score (nSPS) is 11.9. The van der Waals surface area contributed by atoms with E-state index in [1.165, 1.54) is 0 Å². The fourth-order valence-corrected chi connectivity index (χ4v) is 4.33. The highest BCUT2D eigenvalue weighted by Crippen LogP contribution is 2.41. The van der Waals surface area contributed by atoms with E-state index in [9.17, 15) is 0 Å². The van der Waals surface area contributed by atoms with Crippen molar-refractivity contribution in [1.82, 2.24) is 0 Å². The molecule has 0 spiro atoms. The molecule has 29 heavy (non-hydrogen) atoms. The van der Waals surface area contributed by atoms with Gasteiger partial charge in [0.2, 0.25) is 0 Å². The van der Waals surface area contributed by atoms with Crippen molar-refractivity contribution in [3.05, 3.63) is 93.5 Å². The Morgan fingerprint density at radius 1 is 0.552 bits per heavy atom. The molecule has 0 unspecified atom stereocenters. The lowest BCUT2D eigenvalue weighted by atomic mass is 10.0. The van der Waals surface area contributed by atoms with Crippen molar-refractivity contribution in [2.45, 2.75) is 0 Å². The van der Waals surface area contributed by atoms with E-state index < -0.39 is 0 Å². The largest absolute Gasteiger partial charge is 0.352 e. The zero-order chi connectivity index (χ0) is 19.8. The van der Waals surface area contributed by atoms with Crippen molar-refractivity contribution < 1.29 is 0 Å². The van der Waals surface area contributed by atoms with Gasteiger partial charge in [0.25, 0.3) is 0 Å². The first-order valence-electron chi connectivity index (χ1n) is 9.26. The van der Waals surface area contributed by atoms with Crippen LogP contribution in [0.3, 0.4) is 0 Å². The molecule has 5 heteroatoms. The summed E-state index contributed by atoms with van der Waals surface area (Å²) in [5.74, 6) is 0. The number of rotatable bonds is 1. The molecule has 4 aromatic carbocycles. The highest BCUT2D eigenvalue weighted by Gasteiger charge is 2.15. The molecule has 3 nitrogen and oxygen atoms in total. The van der Waals surface area contributed by atoms with Crippen LogP contribution in [0.4, 0.5) is 34.1 Å². The second-order valence-corrected chi connectivity index (χ2v) is 8.31. The van der Waals surface area contributed by atoms with Gasteiger partial charge in [-0.25, -0.2) is 0 Å². The van der Waals surface area contributed by atoms with E-state index in [4.69, 9.17) is 11.6 Å². The molecule has 0 amide bonds. The van der Waals surface area contributed by atoms with Gasteiger partial charge in [-0.05, 0) is 76.2 Å². The quantitative estimate of drug-likeness (QED) is 0.200. The summed E-state index contributed by atoms with van der Waals surface area (Å²) >= 11 is 8.66. The molecule has 0 atom stereocenters. The Hall–Kier alpha value is -2.70. The minimum absolute atomic E-state index is 0.765. The first-order valence-corrected chi connectivity index (χ1v) is 10.7. The third-order valence-electron chi connectivity index (χ3n) is 4.94. The van der Waals surface area contributed by atoms with Gasteiger partial charge in [-0.3, -0.25) is 0 Å². The molecule has 0 aliphatic carbocycles. The van der Waals surface area contributed by atoms with Gasteiger partial charge < -0.3 is 16.0 Å². The van der Waals surface area contributed by atoms with Gasteiger partial charge in [-0.1, -0.05) is 54.1 Å². The van der Waals surface area contributed by atoms with Crippen molar-refractivity contribution in [3.8, 4) is 11.1 Å². The van der Waals surface area contributed by atoms with Crippen LogP contribution in [0.2, 0.25) is 5.02 Å². The molecule has 0 fully saturated rings. The average Bonchev–Trinajstić information content (AvgIpc) is 2.80. The molecule has 0 bridgehead atoms. The first kappa shape index (κ1) is 18.3. The molecule has 0 saturated heterocycles. The van der Waals surface area contributed by atoms with Crippen LogP contribution in [0, 0.1) is 3.57 Å². The number of benzene rings is 4. The van der Waals surface area contributed by atoms with E-state index in [0.29, 0.717) is 0 Å². The Morgan fingerprint density at radius 2 is 1.07 bits per heavy atom. The van der Waals surface area contributed by atoms with E-state index in [-0.39, 0.29) is 0 Å². The van der Waals surface area contributed by atoms with Crippen molar-refractivity contribution in [3.63, 3.8) is 0 Å². The van der Waals surface area contributed by atoms with Crippen LogP contribution in [-0.2, 0) is 0 Å². The molecule has 142 valence electrons. The average molecular weight is 510 g/mol. The second kappa shape index (κ2) is 7.61. The maximum atomic E-state index is 6.36. The topological polar surface area (TPSA) is 36.1 Å². The third kappa shape index (κ3) is 3.54. The van der Waals surface area contributed by atoms with Gasteiger partial charge >= 0.3 is 0 Å². The second-order valence-electron chi connectivity index (χ2n) is 6.83. The summed E-state index contributed by atoms with van der Waals surface area (Å²) < 4.78 is 1.05. The number of fused-ring (bicyclic) bond motifs is 3. The zero-order valence-electron chi connectivity index (χ0n) is 15.3. The Balaban J connectivity index is 1.69. The minimum atomic E-state index is 0.765. The summed E-state index contributed by atoms with van der Waals surface area (Å²) in [6.07, 6.45) is 0. The van der Waals surface area contributed by atoms with Crippen molar-refractivity contribution in [2.75, 3.05) is 16.0 Å². The molecule has 4 aromatic rings. The molecular formula is C24H17ClIN3.